The van der Waals surface area contributed by atoms with Crippen LogP contribution in [-0.2, 0) is 22.0 Å². The molecular weight excluding hydrogens is 264 g/mol. The minimum atomic E-state index is -0.944. The second kappa shape index (κ2) is 5.92. The first-order chi connectivity index (χ1) is 9.43. The fraction of sp³-hybridized carbons (Fsp3) is 0.500. The summed E-state index contributed by atoms with van der Waals surface area (Å²) in [6, 6.07) is 3.94. The van der Waals surface area contributed by atoms with Gasteiger partial charge in [0.05, 0.1) is 0 Å². The quantitative estimate of drug-likeness (QED) is 0.821. The highest BCUT2D eigenvalue weighted by molar-refractivity contribution is 5.79. The van der Waals surface area contributed by atoms with Crippen molar-refractivity contribution in [2.24, 2.45) is 0 Å². The van der Waals surface area contributed by atoms with Gasteiger partial charge in [-0.2, -0.15) is 0 Å². The fourth-order valence-electron chi connectivity index (χ4n) is 2.25. The summed E-state index contributed by atoms with van der Waals surface area (Å²) in [6.45, 7) is 12.4. The number of hydrogen-bond acceptors (Lipinski definition) is 2. The van der Waals surface area contributed by atoms with E-state index in [1.807, 2.05) is 12.1 Å². The summed E-state index contributed by atoms with van der Waals surface area (Å²) in [6.07, 6.45) is 3.33. The molecule has 0 amide bonds. The third-order valence-electron chi connectivity index (χ3n) is 3.40. The Morgan fingerprint density at radius 1 is 1.05 bits per heavy atom. The van der Waals surface area contributed by atoms with Crippen LogP contribution in [0, 0.1) is 0 Å². The fourth-order valence-corrected chi connectivity index (χ4v) is 2.25. The molecule has 0 bridgehead atoms. The number of allylic oxidation sites excluding steroid dienone is 1. The van der Waals surface area contributed by atoms with E-state index in [2.05, 4.69) is 41.5 Å². The van der Waals surface area contributed by atoms with Crippen molar-refractivity contribution in [2.45, 2.75) is 58.8 Å². The molecule has 0 heterocycles. The van der Waals surface area contributed by atoms with Crippen LogP contribution in [0.1, 0.15) is 58.2 Å². The first kappa shape index (κ1) is 17.3. The number of carboxylic acid groups (broad SMARTS) is 1. The van der Waals surface area contributed by atoms with Gasteiger partial charge in [0.1, 0.15) is 5.75 Å². The molecule has 0 saturated carbocycles. The van der Waals surface area contributed by atoms with Gasteiger partial charge in [-0.1, -0.05) is 59.8 Å². The first-order valence-electron chi connectivity index (χ1n) is 7.19. The lowest BCUT2D eigenvalue weighted by Gasteiger charge is -2.28. The lowest BCUT2D eigenvalue weighted by atomic mass is 9.78. The minimum absolute atomic E-state index is 0.170. The van der Waals surface area contributed by atoms with Gasteiger partial charge in [-0.3, -0.25) is 0 Å². The average molecular weight is 290 g/mol. The molecule has 0 aromatic heterocycles. The molecule has 21 heavy (non-hydrogen) atoms. The molecule has 0 spiro atoms. The van der Waals surface area contributed by atoms with Crippen LogP contribution >= 0.6 is 0 Å². The van der Waals surface area contributed by atoms with Crippen LogP contribution in [0.4, 0.5) is 0 Å². The van der Waals surface area contributed by atoms with E-state index in [1.54, 1.807) is 6.08 Å². The smallest absolute Gasteiger partial charge is 0.327 e. The maximum absolute atomic E-state index is 10.6. The van der Waals surface area contributed by atoms with E-state index in [-0.39, 0.29) is 10.8 Å². The van der Waals surface area contributed by atoms with Gasteiger partial charge in [0.2, 0.25) is 0 Å². The highest BCUT2D eigenvalue weighted by Gasteiger charge is 2.26. The Balaban J connectivity index is 3.37. The summed E-state index contributed by atoms with van der Waals surface area (Å²) in [5, 5.41) is 19.3. The highest BCUT2D eigenvalue weighted by atomic mass is 16.4. The predicted molar refractivity (Wildman–Crippen MR) is 86.0 cm³/mol. The number of carbonyl (C=O) groups is 1. The van der Waals surface area contributed by atoms with Crippen LogP contribution in [0.3, 0.4) is 0 Å². The molecule has 0 aliphatic heterocycles. The van der Waals surface area contributed by atoms with Crippen LogP contribution in [-0.4, -0.2) is 16.2 Å². The molecule has 2 N–H and O–H groups in total. The highest BCUT2D eigenvalue weighted by Crippen LogP contribution is 2.39. The molecule has 1 aromatic carbocycles. The van der Waals surface area contributed by atoms with E-state index >= 15 is 0 Å². The van der Waals surface area contributed by atoms with Crippen LogP contribution in [0.2, 0.25) is 0 Å². The summed E-state index contributed by atoms with van der Waals surface area (Å²) in [4.78, 5) is 10.6. The van der Waals surface area contributed by atoms with Crippen molar-refractivity contribution in [1.29, 1.82) is 0 Å². The van der Waals surface area contributed by atoms with E-state index in [0.717, 1.165) is 22.8 Å². The molecule has 3 nitrogen and oxygen atoms in total. The third kappa shape index (κ3) is 4.62. The zero-order valence-corrected chi connectivity index (χ0v) is 13.8. The zero-order valence-electron chi connectivity index (χ0n) is 13.8. The lowest BCUT2D eigenvalue weighted by Crippen LogP contribution is -2.17. The normalized spacial score (nSPS) is 12.9. The molecule has 0 aliphatic carbocycles. The monoisotopic (exact) mass is 290 g/mol. The second-order valence-corrected chi connectivity index (χ2v) is 7.48. The number of rotatable bonds is 3. The van der Waals surface area contributed by atoms with Gasteiger partial charge >= 0.3 is 5.97 Å². The molecule has 0 saturated heterocycles. The maximum atomic E-state index is 10.6. The van der Waals surface area contributed by atoms with Gasteiger partial charge in [0.15, 0.2) is 0 Å². The summed E-state index contributed by atoms with van der Waals surface area (Å²) in [7, 11) is 0. The van der Waals surface area contributed by atoms with Crippen molar-refractivity contribution in [1.82, 2.24) is 0 Å². The molecule has 1 aromatic rings. The van der Waals surface area contributed by atoms with Gasteiger partial charge in [-0.05, 0) is 33.9 Å². The molecule has 0 unspecified atom stereocenters. The number of phenolic OH excluding ortho intramolecular Hbond substituents is 1. The topological polar surface area (TPSA) is 57.5 Å². The Labute approximate surface area is 127 Å². The van der Waals surface area contributed by atoms with Crippen molar-refractivity contribution in [3.8, 4) is 5.75 Å². The molecule has 0 radical (unpaired) electrons. The largest absolute Gasteiger partial charge is 0.507 e. The van der Waals surface area contributed by atoms with Crippen LogP contribution in [0.5, 0.6) is 5.75 Å². The SMILES string of the molecule is CC(C)(C)c1cc(CC=CC(=O)O)cc(C(C)(C)C)c1O. The van der Waals surface area contributed by atoms with Crippen LogP contribution in [0.15, 0.2) is 24.3 Å². The van der Waals surface area contributed by atoms with Crippen molar-refractivity contribution in [2.75, 3.05) is 0 Å². The molecule has 1 rings (SSSR count). The number of carboxylic acids is 1. The van der Waals surface area contributed by atoms with E-state index in [0.29, 0.717) is 12.2 Å². The van der Waals surface area contributed by atoms with Crippen molar-refractivity contribution in [3.05, 3.63) is 41.0 Å². The summed E-state index contributed by atoms with van der Waals surface area (Å²) >= 11 is 0. The number of aliphatic carboxylic acids is 1. The number of benzene rings is 1. The van der Waals surface area contributed by atoms with Gasteiger partial charge in [-0.15, -0.1) is 0 Å². The first-order valence-corrected chi connectivity index (χ1v) is 7.19. The van der Waals surface area contributed by atoms with E-state index < -0.39 is 5.97 Å². The Morgan fingerprint density at radius 3 is 1.81 bits per heavy atom. The van der Waals surface area contributed by atoms with Gasteiger partial charge < -0.3 is 10.2 Å². The summed E-state index contributed by atoms with van der Waals surface area (Å²) in [5.41, 5.74) is 2.47. The molecule has 116 valence electrons. The molecule has 0 atom stereocenters. The summed E-state index contributed by atoms with van der Waals surface area (Å²) in [5.74, 6) is -0.596. The third-order valence-corrected chi connectivity index (χ3v) is 3.40. The average Bonchev–Trinajstić information content (AvgIpc) is 2.27. The van der Waals surface area contributed by atoms with Gasteiger partial charge in [0, 0.05) is 6.08 Å². The van der Waals surface area contributed by atoms with Crippen molar-refractivity contribution >= 4 is 5.97 Å². The Hall–Kier alpha value is -1.77. The second-order valence-electron chi connectivity index (χ2n) is 7.48. The maximum Gasteiger partial charge on any atom is 0.327 e. The van der Waals surface area contributed by atoms with Gasteiger partial charge in [0.25, 0.3) is 0 Å². The van der Waals surface area contributed by atoms with E-state index in [1.165, 1.54) is 0 Å². The molecule has 0 aliphatic rings. The number of aromatic hydroxyl groups is 1. The van der Waals surface area contributed by atoms with Gasteiger partial charge in [-0.25, -0.2) is 4.79 Å². The number of hydrogen-bond donors (Lipinski definition) is 2. The standard InChI is InChI=1S/C18H26O3/c1-17(2,3)13-10-12(8-7-9-15(19)20)11-14(16(13)21)18(4,5)6/h7,9-11,21H,8H2,1-6H3,(H,19,20). The Morgan fingerprint density at radius 2 is 1.48 bits per heavy atom. The zero-order chi connectivity index (χ0) is 16.4. The van der Waals surface area contributed by atoms with E-state index in [9.17, 15) is 9.90 Å². The Kier molecular flexibility index (Phi) is 4.87. The minimum Gasteiger partial charge on any atom is -0.507 e. The lowest BCUT2D eigenvalue weighted by molar-refractivity contribution is -0.131. The van der Waals surface area contributed by atoms with Crippen LogP contribution < -0.4 is 0 Å². The predicted octanol–water partition coefficient (Wildman–Crippen LogP) is 4.17. The molecule has 0 fully saturated rings. The van der Waals surface area contributed by atoms with Crippen LogP contribution in [0.25, 0.3) is 0 Å². The Bertz CT molecular complexity index is 520. The van der Waals surface area contributed by atoms with Crippen molar-refractivity contribution < 1.29 is 15.0 Å². The number of phenols is 1. The van der Waals surface area contributed by atoms with Crippen molar-refractivity contribution in [3.63, 3.8) is 0 Å². The molecule has 3 heteroatoms. The summed E-state index contributed by atoms with van der Waals surface area (Å²) < 4.78 is 0. The molecular formula is C18H26O3. The van der Waals surface area contributed by atoms with E-state index in [4.69, 9.17) is 5.11 Å².